The molecule has 84 valence electrons. The second kappa shape index (κ2) is 6.95. The first-order valence-corrected chi connectivity index (χ1v) is 6.25. The zero-order chi connectivity index (χ0) is 11.1. The first kappa shape index (κ1) is 12.6. The van der Waals surface area contributed by atoms with Crippen LogP contribution in [-0.2, 0) is 17.7 Å². The quantitative estimate of drug-likeness (QED) is 0.437. The van der Waals surface area contributed by atoms with E-state index in [-0.39, 0.29) is 6.00 Å². The van der Waals surface area contributed by atoms with Gasteiger partial charge in [-0.05, 0) is 18.4 Å². The van der Waals surface area contributed by atoms with E-state index in [4.69, 9.17) is 11.6 Å². The summed E-state index contributed by atoms with van der Waals surface area (Å²) in [6, 6.07) is 9.98. The van der Waals surface area contributed by atoms with Crippen LogP contribution in [0.3, 0.4) is 0 Å². The molecule has 0 fully saturated rings. The van der Waals surface area contributed by atoms with Crippen molar-refractivity contribution in [3.05, 3.63) is 35.9 Å². The topological polar surface area (TPSA) is 43.4 Å². The molecule has 5 heteroatoms. The molecule has 0 radical (unpaired) electrons. The summed E-state index contributed by atoms with van der Waals surface area (Å²) in [5.41, 5.74) is 1.21. The van der Waals surface area contributed by atoms with E-state index in [0.717, 1.165) is 12.8 Å². The lowest BCUT2D eigenvalue weighted by Crippen LogP contribution is -2.25. The minimum absolute atomic E-state index is 0.0188. The molecule has 0 bridgehead atoms. The average Bonchev–Trinajstić information content (AvgIpc) is 2.25. The number of halogens is 1. The Kier molecular flexibility index (Phi) is 5.86. The van der Waals surface area contributed by atoms with Gasteiger partial charge in [0.15, 0.2) is 0 Å². The molecule has 1 aromatic rings. The Bertz CT molecular complexity index is 308. The van der Waals surface area contributed by atoms with Crippen molar-refractivity contribution in [2.45, 2.75) is 12.8 Å². The summed E-state index contributed by atoms with van der Waals surface area (Å²) in [6.45, 7) is 0.467. The van der Waals surface area contributed by atoms with Crippen LogP contribution in [0.5, 0.6) is 0 Å². The van der Waals surface area contributed by atoms with Crippen molar-refractivity contribution in [2.75, 3.05) is 12.5 Å². The van der Waals surface area contributed by atoms with Crippen LogP contribution >= 0.6 is 11.6 Å². The Morgan fingerprint density at radius 3 is 2.53 bits per heavy atom. The van der Waals surface area contributed by atoms with Crippen LogP contribution in [0.4, 0.5) is 0 Å². The number of rotatable bonds is 6. The third-order valence-corrected chi connectivity index (χ3v) is 3.22. The highest BCUT2D eigenvalue weighted by Gasteiger charge is 2.02. The summed E-state index contributed by atoms with van der Waals surface area (Å²) in [5, 5.41) is 0. The second-order valence-corrected chi connectivity index (χ2v) is 4.32. The lowest BCUT2D eigenvalue weighted by atomic mass is 10.1. The molecule has 0 saturated heterocycles. The number of alkyl halides is 1. The Hall–Kier alpha value is -0.420. The van der Waals surface area contributed by atoms with Crippen LogP contribution in [0.15, 0.2) is 30.3 Å². The van der Waals surface area contributed by atoms with Gasteiger partial charge in [0.05, 0.1) is 6.00 Å². The second-order valence-electron chi connectivity index (χ2n) is 3.13. The fourth-order valence-corrected chi connectivity index (χ4v) is 1.99. The molecule has 0 N–H and O–H groups in total. The predicted octanol–water partition coefficient (Wildman–Crippen LogP) is 1.91. The zero-order valence-electron chi connectivity index (χ0n) is 8.27. The van der Waals surface area contributed by atoms with Crippen molar-refractivity contribution in [2.24, 2.45) is 0 Å². The van der Waals surface area contributed by atoms with E-state index in [1.54, 1.807) is 0 Å². The molecule has 3 nitrogen and oxygen atoms in total. The maximum Gasteiger partial charge on any atom is 0.0846 e. The number of nitrogens with zero attached hydrogens (tertiary/aromatic N) is 1. The summed E-state index contributed by atoms with van der Waals surface area (Å²) in [6.07, 6.45) is 1.65. The van der Waals surface area contributed by atoms with Crippen LogP contribution in [0.1, 0.15) is 12.0 Å². The van der Waals surface area contributed by atoms with E-state index in [2.05, 4.69) is 0 Å². The molecule has 0 aliphatic carbocycles. The van der Waals surface area contributed by atoms with E-state index in [0.29, 0.717) is 6.54 Å². The van der Waals surface area contributed by atoms with Crippen molar-refractivity contribution in [3.8, 4) is 0 Å². The summed E-state index contributed by atoms with van der Waals surface area (Å²) in [5.74, 6) is 0. The molecule has 15 heavy (non-hydrogen) atoms. The number of aryl methyl sites for hydroxylation is 1. The van der Waals surface area contributed by atoms with E-state index in [1.165, 1.54) is 9.87 Å². The standard InChI is InChI=1S/C10H14ClNO2S/c11-9-12(15(13)14)8-4-7-10-5-2-1-3-6-10/h1-3,5-6H,4,7-9H2,(H,13,14)/p-1. The minimum Gasteiger partial charge on any atom is -0.760 e. The molecular formula is C10H13ClNO2S-. The van der Waals surface area contributed by atoms with Crippen molar-refractivity contribution in [3.63, 3.8) is 0 Å². The molecule has 0 spiro atoms. The molecule has 0 heterocycles. The monoisotopic (exact) mass is 246 g/mol. The molecule has 0 aliphatic heterocycles. The van der Waals surface area contributed by atoms with E-state index >= 15 is 0 Å². The highest BCUT2D eigenvalue weighted by atomic mass is 35.5. The zero-order valence-corrected chi connectivity index (χ0v) is 9.84. The van der Waals surface area contributed by atoms with Gasteiger partial charge in [-0.25, -0.2) is 4.31 Å². The van der Waals surface area contributed by atoms with Crippen LogP contribution in [0.2, 0.25) is 0 Å². The summed E-state index contributed by atoms with van der Waals surface area (Å²) >= 11 is 3.27. The van der Waals surface area contributed by atoms with E-state index < -0.39 is 11.3 Å². The van der Waals surface area contributed by atoms with Gasteiger partial charge in [0, 0.05) is 17.8 Å². The number of benzene rings is 1. The molecule has 0 amide bonds. The Labute approximate surface area is 97.5 Å². The Balaban J connectivity index is 2.30. The third kappa shape index (κ3) is 4.75. The Morgan fingerprint density at radius 2 is 2.00 bits per heavy atom. The summed E-state index contributed by atoms with van der Waals surface area (Å²) in [4.78, 5) is 0. The number of hydrogen-bond donors (Lipinski definition) is 0. The fourth-order valence-electron chi connectivity index (χ4n) is 1.28. The molecule has 1 atom stereocenters. The maximum atomic E-state index is 10.6. The largest absolute Gasteiger partial charge is 0.760 e. The van der Waals surface area contributed by atoms with Gasteiger partial charge in [0.25, 0.3) is 0 Å². The average molecular weight is 247 g/mol. The third-order valence-electron chi connectivity index (χ3n) is 2.06. The van der Waals surface area contributed by atoms with Crippen LogP contribution in [0.25, 0.3) is 0 Å². The van der Waals surface area contributed by atoms with Gasteiger partial charge in [0.2, 0.25) is 0 Å². The van der Waals surface area contributed by atoms with Gasteiger partial charge in [-0.3, -0.25) is 4.21 Å². The van der Waals surface area contributed by atoms with Crippen molar-refractivity contribution >= 4 is 22.9 Å². The van der Waals surface area contributed by atoms with Gasteiger partial charge in [0.1, 0.15) is 0 Å². The van der Waals surface area contributed by atoms with Gasteiger partial charge in [-0.1, -0.05) is 30.3 Å². The van der Waals surface area contributed by atoms with Crippen LogP contribution in [0, 0.1) is 0 Å². The fraction of sp³-hybridized carbons (Fsp3) is 0.400. The predicted molar refractivity (Wildman–Crippen MR) is 61.1 cm³/mol. The van der Waals surface area contributed by atoms with Crippen molar-refractivity contribution in [1.29, 1.82) is 0 Å². The first-order chi connectivity index (χ1) is 7.24. The summed E-state index contributed by atoms with van der Waals surface area (Å²) in [7, 11) is 0. The lowest BCUT2D eigenvalue weighted by molar-refractivity contribution is 0.418. The molecule has 1 rings (SSSR count). The van der Waals surface area contributed by atoms with Gasteiger partial charge >= 0.3 is 0 Å². The first-order valence-electron chi connectivity index (χ1n) is 4.68. The van der Waals surface area contributed by atoms with E-state index in [9.17, 15) is 8.76 Å². The normalized spacial score (nSPS) is 13.0. The Morgan fingerprint density at radius 1 is 1.33 bits per heavy atom. The van der Waals surface area contributed by atoms with Crippen LogP contribution in [-0.4, -0.2) is 25.6 Å². The molecular weight excluding hydrogens is 234 g/mol. The molecule has 1 aromatic carbocycles. The van der Waals surface area contributed by atoms with Gasteiger partial charge < -0.3 is 4.55 Å². The SMILES string of the molecule is O=S([O-])N(CCl)CCCc1ccccc1. The molecule has 0 saturated carbocycles. The van der Waals surface area contributed by atoms with Crippen molar-refractivity contribution in [1.82, 2.24) is 4.31 Å². The van der Waals surface area contributed by atoms with E-state index in [1.807, 2.05) is 30.3 Å². The summed E-state index contributed by atoms with van der Waals surface area (Å²) < 4.78 is 22.4. The van der Waals surface area contributed by atoms with Crippen LogP contribution < -0.4 is 0 Å². The minimum atomic E-state index is -2.21. The smallest absolute Gasteiger partial charge is 0.0846 e. The molecule has 1 unspecified atom stereocenters. The number of hydrogen-bond acceptors (Lipinski definition) is 2. The van der Waals surface area contributed by atoms with Gasteiger partial charge in [-0.15, -0.1) is 11.6 Å². The molecule has 0 aliphatic rings. The molecule has 0 aromatic heterocycles. The van der Waals surface area contributed by atoms with Crippen molar-refractivity contribution < 1.29 is 8.76 Å². The van der Waals surface area contributed by atoms with Gasteiger partial charge in [-0.2, -0.15) is 0 Å². The lowest BCUT2D eigenvalue weighted by Gasteiger charge is -2.20. The maximum absolute atomic E-state index is 10.6. The highest BCUT2D eigenvalue weighted by molar-refractivity contribution is 7.76. The highest BCUT2D eigenvalue weighted by Crippen LogP contribution is 2.04.